The summed E-state index contributed by atoms with van der Waals surface area (Å²) in [5, 5.41) is 14.6. The Bertz CT molecular complexity index is 737. The second-order valence-electron chi connectivity index (χ2n) is 8.29. The van der Waals surface area contributed by atoms with E-state index in [1.165, 1.54) is 6.20 Å². The molecule has 3 heterocycles. The lowest BCUT2D eigenvalue weighted by molar-refractivity contribution is -0.388. The number of carbonyl (C=O) groups is 1. The molecule has 1 atom stereocenters. The Morgan fingerprint density at radius 2 is 2.07 bits per heavy atom. The summed E-state index contributed by atoms with van der Waals surface area (Å²) in [6.45, 7) is 7.68. The van der Waals surface area contributed by atoms with E-state index in [0.717, 1.165) is 6.42 Å². The number of pyridine rings is 1. The zero-order valence-electron chi connectivity index (χ0n) is 17.1. The predicted molar refractivity (Wildman–Crippen MR) is 105 cm³/mol. The van der Waals surface area contributed by atoms with Crippen LogP contribution in [0.2, 0.25) is 0 Å². The molecule has 0 bridgehead atoms. The van der Waals surface area contributed by atoms with Crippen LogP contribution in [-0.2, 0) is 9.47 Å². The fraction of sp³-hybridized carbons (Fsp3) is 0.684. The van der Waals surface area contributed by atoms with Crippen molar-refractivity contribution in [1.82, 2.24) is 9.88 Å². The smallest absolute Gasteiger partial charge is 0.410 e. The van der Waals surface area contributed by atoms with Gasteiger partial charge in [0.05, 0.1) is 13.2 Å². The van der Waals surface area contributed by atoms with Crippen molar-refractivity contribution in [3.63, 3.8) is 0 Å². The van der Waals surface area contributed by atoms with E-state index in [-0.39, 0.29) is 24.1 Å². The first-order chi connectivity index (χ1) is 13.7. The maximum atomic E-state index is 12.2. The SMILES string of the molecule is CC(C)(C)OC(=O)N1CCC(Nc2cc(O[C@@H]3CCOC3)cnc2[N+](=O)[O-])CC1. The van der Waals surface area contributed by atoms with Gasteiger partial charge in [-0.25, -0.2) is 4.79 Å². The lowest BCUT2D eigenvalue weighted by Gasteiger charge is -2.34. The third-order valence-corrected chi connectivity index (χ3v) is 4.71. The predicted octanol–water partition coefficient (Wildman–Crippen LogP) is 2.97. The molecule has 0 aromatic carbocycles. The molecule has 2 aliphatic rings. The van der Waals surface area contributed by atoms with Crippen LogP contribution in [0.5, 0.6) is 5.75 Å². The van der Waals surface area contributed by atoms with Gasteiger partial charge in [-0.2, -0.15) is 0 Å². The van der Waals surface area contributed by atoms with Crippen molar-refractivity contribution in [2.45, 2.75) is 57.8 Å². The molecule has 0 unspecified atom stereocenters. The largest absolute Gasteiger partial charge is 0.484 e. The average Bonchev–Trinajstić information content (AvgIpc) is 3.14. The Balaban J connectivity index is 1.61. The highest BCUT2D eigenvalue weighted by atomic mass is 16.6. The number of hydrogen-bond acceptors (Lipinski definition) is 8. The van der Waals surface area contributed by atoms with Crippen molar-refractivity contribution in [2.24, 2.45) is 0 Å². The molecule has 1 aromatic heterocycles. The highest BCUT2D eigenvalue weighted by Crippen LogP contribution is 2.29. The monoisotopic (exact) mass is 408 g/mol. The molecule has 0 saturated carbocycles. The van der Waals surface area contributed by atoms with E-state index in [2.05, 4.69) is 10.3 Å². The normalized spacial score (nSPS) is 20.4. The number of piperidine rings is 1. The first-order valence-electron chi connectivity index (χ1n) is 9.84. The first kappa shape index (κ1) is 21.1. The van der Waals surface area contributed by atoms with Gasteiger partial charge in [0, 0.05) is 31.6 Å². The van der Waals surface area contributed by atoms with Gasteiger partial charge in [0.1, 0.15) is 17.4 Å². The summed E-state index contributed by atoms with van der Waals surface area (Å²) in [6.07, 6.45) is 3.05. The van der Waals surface area contributed by atoms with E-state index in [1.54, 1.807) is 11.0 Å². The molecule has 0 spiro atoms. The van der Waals surface area contributed by atoms with Crippen LogP contribution in [0.4, 0.5) is 16.3 Å². The molecule has 1 aromatic rings. The quantitative estimate of drug-likeness (QED) is 0.584. The molecule has 2 fully saturated rings. The van der Waals surface area contributed by atoms with Gasteiger partial charge in [-0.1, -0.05) is 0 Å². The molecule has 1 N–H and O–H groups in total. The van der Waals surface area contributed by atoms with Gasteiger partial charge in [0.15, 0.2) is 11.9 Å². The van der Waals surface area contributed by atoms with Crippen LogP contribution < -0.4 is 10.1 Å². The van der Waals surface area contributed by atoms with Crippen LogP contribution >= 0.6 is 0 Å². The Labute approximate surface area is 169 Å². The number of nitro groups is 1. The van der Waals surface area contributed by atoms with Crippen molar-refractivity contribution in [3.05, 3.63) is 22.4 Å². The van der Waals surface area contributed by atoms with Crippen LogP contribution in [0.15, 0.2) is 12.3 Å². The fourth-order valence-electron chi connectivity index (χ4n) is 3.31. The van der Waals surface area contributed by atoms with Crippen molar-refractivity contribution in [1.29, 1.82) is 0 Å². The van der Waals surface area contributed by atoms with E-state index in [9.17, 15) is 14.9 Å². The van der Waals surface area contributed by atoms with E-state index in [4.69, 9.17) is 14.2 Å². The second-order valence-corrected chi connectivity index (χ2v) is 8.29. The van der Waals surface area contributed by atoms with Crippen LogP contribution in [0, 0.1) is 10.1 Å². The summed E-state index contributed by atoms with van der Waals surface area (Å²) in [7, 11) is 0. The molecule has 2 saturated heterocycles. The zero-order valence-corrected chi connectivity index (χ0v) is 17.1. The minimum Gasteiger partial charge on any atom is -0.484 e. The van der Waals surface area contributed by atoms with Gasteiger partial charge in [0.2, 0.25) is 0 Å². The molecular formula is C19H28N4O6. The number of nitrogens with zero attached hydrogens (tertiary/aromatic N) is 3. The Hall–Kier alpha value is -2.62. The summed E-state index contributed by atoms with van der Waals surface area (Å²) in [4.78, 5) is 28.7. The van der Waals surface area contributed by atoms with E-state index >= 15 is 0 Å². The second kappa shape index (κ2) is 8.81. The summed E-state index contributed by atoms with van der Waals surface area (Å²) < 4.78 is 16.5. The Kier molecular flexibility index (Phi) is 6.41. The van der Waals surface area contributed by atoms with Crippen molar-refractivity contribution in [3.8, 4) is 5.75 Å². The number of amides is 1. The molecule has 160 valence electrons. The number of likely N-dealkylation sites (tertiary alicyclic amines) is 1. The van der Waals surface area contributed by atoms with Gasteiger partial charge >= 0.3 is 11.9 Å². The molecule has 29 heavy (non-hydrogen) atoms. The van der Waals surface area contributed by atoms with Gasteiger partial charge in [-0.3, -0.25) is 0 Å². The lowest BCUT2D eigenvalue weighted by atomic mass is 10.0. The Morgan fingerprint density at radius 1 is 1.34 bits per heavy atom. The summed E-state index contributed by atoms with van der Waals surface area (Å²) in [6, 6.07) is 1.60. The van der Waals surface area contributed by atoms with E-state index in [0.29, 0.717) is 50.6 Å². The number of aromatic nitrogens is 1. The summed E-state index contributed by atoms with van der Waals surface area (Å²) >= 11 is 0. The van der Waals surface area contributed by atoms with Crippen LogP contribution in [0.1, 0.15) is 40.0 Å². The third kappa shape index (κ3) is 5.93. The maximum absolute atomic E-state index is 12.2. The fourth-order valence-corrected chi connectivity index (χ4v) is 3.31. The lowest BCUT2D eigenvalue weighted by Crippen LogP contribution is -2.44. The first-order valence-corrected chi connectivity index (χ1v) is 9.84. The highest BCUT2D eigenvalue weighted by Gasteiger charge is 2.29. The molecule has 2 aliphatic heterocycles. The number of rotatable bonds is 5. The number of hydrogen-bond donors (Lipinski definition) is 1. The van der Waals surface area contributed by atoms with Crippen LogP contribution in [0.3, 0.4) is 0 Å². The van der Waals surface area contributed by atoms with Gasteiger partial charge in [-0.05, 0) is 43.5 Å². The summed E-state index contributed by atoms with van der Waals surface area (Å²) in [5.41, 5.74) is -0.217. The van der Waals surface area contributed by atoms with E-state index in [1.807, 2.05) is 20.8 Å². The van der Waals surface area contributed by atoms with Crippen LogP contribution in [0.25, 0.3) is 0 Å². The van der Waals surface area contributed by atoms with E-state index < -0.39 is 10.5 Å². The Morgan fingerprint density at radius 3 is 2.66 bits per heavy atom. The molecular weight excluding hydrogens is 380 g/mol. The van der Waals surface area contributed by atoms with Gasteiger partial charge in [-0.15, -0.1) is 0 Å². The molecule has 10 heteroatoms. The number of carbonyl (C=O) groups excluding carboxylic acids is 1. The third-order valence-electron chi connectivity index (χ3n) is 4.71. The summed E-state index contributed by atoms with van der Waals surface area (Å²) in [5.74, 6) is 0.231. The standard InChI is InChI=1S/C19H28N4O6/c1-19(2,3)29-18(24)22-7-4-13(5-8-22)21-16-10-15(11-20-17(16)23(25)26)28-14-6-9-27-12-14/h10-11,13-14,21H,4-9,12H2,1-3H3/t14-/m1/s1. The van der Waals surface area contributed by atoms with Gasteiger partial charge in [0.25, 0.3) is 0 Å². The molecule has 0 radical (unpaired) electrons. The average molecular weight is 408 g/mol. The van der Waals surface area contributed by atoms with Crippen molar-refractivity contribution >= 4 is 17.6 Å². The number of nitrogens with one attached hydrogen (secondary N) is 1. The molecule has 3 rings (SSSR count). The molecule has 0 aliphatic carbocycles. The zero-order chi connectivity index (χ0) is 21.0. The van der Waals surface area contributed by atoms with Crippen LogP contribution in [-0.4, -0.2) is 65.0 Å². The number of anilines is 1. The molecule has 1 amide bonds. The minimum absolute atomic E-state index is 0.0146. The van der Waals surface area contributed by atoms with Crippen molar-refractivity contribution in [2.75, 3.05) is 31.6 Å². The highest BCUT2D eigenvalue weighted by molar-refractivity contribution is 5.68. The number of ether oxygens (including phenoxy) is 3. The van der Waals surface area contributed by atoms with Crippen molar-refractivity contribution < 1.29 is 23.9 Å². The topological polar surface area (TPSA) is 116 Å². The van der Waals surface area contributed by atoms with Gasteiger partial charge < -0.3 is 34.5 Å². The maximum Gasteiger partial charge on any atom is 0.410 e. The molecule has 10 nitrogen and oxygen atoms in total. The minimum atomic E-state index is -0.538.